The maximum absolute atomic E-state index is 11.5. The summed E-state index contributed by atoms with van der Waals surface area (Å²) in [5, 5.41) is 11.1. The van der Waals surface area contributed by atoms with Crippen LogP contribution >= 0.6 is 0 Å². The third-order valence-electron chi connectivity index (χ3n) is 3.04. The highest BCUT2D eigenvalue weighted by atomic mass is 16.3. The average molecular weight is 269 g/mol. The summed E-state index contributed by atoms with van der Waals surface area (Å²) in [5.74, 6) is -0.122. The van der Waals surface area contributed by atoms with Gasteiger partial charge in [0.25, 0.3) is 0 Å². The van der Waals surface area contributed by atoms with E-state index in [9.17, 15) is 14.7 Å². The molecule has 4 nitrogen and oxygen atoms in total. The van der Waals surface area contributed by atoms with E-state index >= 15 is 0 Å². The van der Waals surface area contributed by atoms with E-state index in [0.717, 1.165) is 10.9 Å². The second kappa shape index (κ2) is 5.57. The van der Waals surface area contributed by atoms with E-state index in [-0.39, 0.29) is 17.2 Å². The van der Waals surface area contributed by atoms with E-state index in [4.69, 9.17) is 0 Å². The lowest BCUT2D eigenvalue weighted by molar-refractivity contribution is -0.123. The number of hydrogen-bond donors (Lipinski definition) is 1. The Bertz CT molecular complexity index is 702. The summed E-state index contributed by atoms with van der Waals surface area (Å²) in [4.78, 5) is 24.0. The number of aldehydes is 1. The third kappa shape index (κ3) is 2.69. The van der Waals surface area contributed by atoms with Crippen molar-refractivity contribution in [2.75, 3.05) is 14.1 Å². The van der Waals surface area contributed by atoms with Crippen molar-refractivity contribution in [2.45, 2.75) is 0 Å². The zero-order valence-electron chi connectivity index (χ0n) is 11.3. The van der Waals surface area contributed by atoms with Crippen LogP contribution < -0.4 is 0 Å². The summed E-state index contributed by atoms with van der Waals surface area (Å²) in [5.41, 5.74) is 1.14. The summed E-state index contributed by atoms with van der Waals surface area (Å²) < 4.78 is 0. The number of amides is 1. The predicted molar refractivity (Wildman–Crippen MR) is 78.7 cm³/mol. The molecule has 0 radical (unpaired) electrons. The van der Waals surface area contributed by atoms with Gasteiger partial charge in [-0.05, 0) is 34.5 Å². The number of phenolic OH excluding ortho intramolecular Hbond substituents is 1. The third-order valence-corrected chi connectivity index (χ3v) is 3.04. The molecule has 0 unspecified atom stereocenters. The Labute approximate surface area is 116 Å². The number of rotatable bonds is 3. The minimum atomic E-state index is -0.0932. The molecule has 0 fully saturated rings. The molecule has 2 rings (SSSR count). The highest BCUT2D eigenvalue weighted by Gasteiger charge is 2.06. The highest BCUT2D eigenvalue weighted by Crippen LogP contribution is 2.26. The van der Waals surface area contributed by atoms with Gasteiger partial charge in [-0.15, -0.1) is 0 Å². The van der Waals surface area contributed by atoms with E-state index in [1.54, 1.807) is 38.4 Å². The molecular formula is C16H15NO3. The first-order valence-electron chi connectivity index (χ1n) is 6.13. The zero-order chi connectivity index (χ0) is 14.7. The SMILES string of the molecule is CN(C)C(=O)/C=C/c1ccc2c(C=O)c(O)ccc2c1. The van der Waals surface area contributed by atoms with Gasteiger partial charge in [-0.2, -0.15) is 0 Å². The lowest BCUT2D eigenvalue weighted by Gasteiger charge is -2.06. The van der Waals surface area contributed by atoms with Crippen LogP contribution in [0.4, 0.5) is 0 Å². The van der Waals surface area contributed by atoms with Crippen LogP contribution in [-0.4, -0.2) is 36.3 Å². The van der Waals surface area contributed by atoms with Crippen molar-refractivity contribution in [3.8, 4) is 5.75 Å². The van der Waals surface area contributed by atoms with Gasteiger partial charge in [-0.3, -0.25) is 9.59 Å². The summed E-state index contributed by atoms with van der Waals surface area (Å²) in [6.45, 7) is 0. The normalized spacial score (nSPS) is 10.9. The van der Waals surface area contributed by atoms with Gasteiger partial charge in [0.15, 0.2) is 6.29 Å². The molecule has 0 aliphatic rings. The van der Waals surface area contributed by atoms with Crippen LogP contribution in [0, 0.1) is 0 Å². The molecule has 0 saturated heterocycles. The van der Waals surface area contributed by atoms with Crippen molar-refractivity contribution in [1.82, 2.24) is 4.90 Å². The molecule has 102 valence electrons. The number of aromatic hydroxyl groups is 1. The first kappa shape index (κ1) is 13.8. The van der Waals surface area contributed by atoms with E-state index in [1.807, 2.05) is 6.07 Å². The summed E-state index contributed by atoms with van der Waals surface area (Å²) in [6, 6.07) is 8.65. The maximum Gasteiger partial charge on any atom is 0.246 e. The van der Waals surface area contributed by atoms with Gasteiger partial charge in [0.2, 0.25) is 5.91 Å². The molecule has 0 aliphatic carbocycles. The number of carbonyl (C=O) groups is 2. The van der Waals surface area contributed by atoms with Gasteiger partial charge < -0.3 is 10.0 Å². The Morgan fingerprint density at radius 2 is 1.95 bits per heavy atom. The second-order valence-electron chi connectivity index (χ2n) is 4.66. The number of hydrogen-bond acceptors (Lipinski definition) is 3. The van der Waals surface area contributed by atoms with Gasteiger partial charge in [0.05, 0.1) is 5.56 Å². The van der Waals surface area contributed by atoms with E-state index in [1.165, 1.54) is 17.0 Å². The molecule has 2 aromatic rings. The fourth-order valence-electron chi connectivity index (χ4n) is 1.90. The van der Waals surface area contributed by atoms with E-state index in [0.29, 0.717) is 11.7 Å². The van der Waals surface area contributed by atoms with E-state index in [2.05, 4.69) is 0 Å². The lowest BCUT2D eigenvalue weighted by atomic mass is 10.0. The van der Waals surface area contributed by atoms with Crippen molar-refractivity contribution in [1.29, 1.82) is 0 Å². The van der Waals surface area contributed by atoms with Crippen molar-refractivity contribution < 1.29 is 14.7 Å². The number of likely N-dealkylation sites (N-methyl/N-ethyl adjacent to an activating group) is 1. The number of carbonyl (C=O) groups excluding carboxylic acids is 2. The minimum absolute atomic E-state index is 0.0291. The molecule has 0 spiro atoms. The summed E-state index contributed by atoms with van der Waals surface area (Å²) >= 11 is 0. The first-order valence-corrected chi connectivity index (χ1v) is 6.13. The van der Waals surface area contributed by atoms with E-state index < -0.39 is 0 Å². The van der Waals surface area contributed by atoms with Crippen molar-refractivity contribution >= 4 is 29.0 Å². The minimum Gasteiger partial charge on any atom is -0.507 e. The second-order valence-corrected chi connectivity index (χ2v) is 4.66. The quantitative estimate of drug-likeness (QED) is 0.688. The van der Waals surface area contributed by atoms with Crippen LogP contribution in [0.15, 0.2) is 36.4 Å². The molecule has 1 N–H and O–H groups in total. The van der Waals surface area contributed by atoms with Gasteiger partial charge in [0, 0.05) is 20.2 Å². The lowest BCUT2D eigenvalue weighted by Crippen LogP contribution is -2.18. The van der Waals surface area contributed by atoms with Gasteiger partial charge in [-0.25, -0.2) is 0 Å². The van der Waals surface area contributed by atoms with Crippen LogP contribution in [0.2, 0.25) is 0 Å². The molecule has 0 bridgehead atoms. The largest absolute Gasteiger partial charge is 0.507 e. The highest BCUT2D eigenvalue weighted by molar-refractivity contribution is 6.01. The average Bonchev–Trinajstić information content (AvgIpc) is 2.44. The van der Waals surface area contributed by atoms with Gasteiger partial charge in [0.1, 0.15) is 5.75 Å². The molecular weight excluding hydrogens is 254 g/mol. The van der Waals surface area contributed by atoms with Crippen molar-refractivity contribution in [2.24, 2.45) is 0 Å². The summed E-state index contributed by atoms with van der Waals surface area (Å²) in [7, 11) is 3.37. The number of fused-ring (bicyclic) bond motifs is 1. The Hall–Kier alpha value is -2.62. The van der Waals surface area contributed by atoms with Gasteiger partial charge >= 0.3 is 0 Å². The molecule has 0 aliphatic heterocycles. The molecule has 1 amide bonds. The topological polar surface area (TPSA) is 57.6 Å². The maximum atomic E-state index is 11.5. The molecule has 0 saturated carbocycles. The van der Waals surface area contributed by atoms with Crippen molar-refractivity contribution in [3.05, 3.63) is 47.5 Å². The molecule has 2 aromatic carbocycles. The Morgan fingerprint density at radius 3 is 2.60 bits per heavy atom. The number of phenols is 1. The fourth-order valence-corrected chi connectivity index (χ4v) is 1.90. The number of nitrogens with zero attached hydrogens (tertiary/aromatic N) is 1. The Balaban J connectivity index is 2.43. The Kier molecular flexibility index (Phi) is 3.84. The summed E-state index contributed by atoms with van der Waals surface area (Å²) in [6.07, 6.45) is 3.85. The first-order chi connectivity index (χ1) is 9.52. The van der Waals surface area contributed by atoms with Crippen LogP contribution in [0.5, 0.6) is 5.75 Å². The van der Waals surface area contributed by atoms with Crippen LogP contribution in [0.3, 0.4) is 0 Å². The number of benzene rings is 2. The van der Waals surface area contributed by atoms with Crippen LogP contribution in [-0.2, 0) is 4.79 Å². The van der Waals surface area contributed by atoms with Crippen LogP contribution in [0.1, 0.15) is 15.9 Å². The Morgan fingerprint density at radius 1 is 1.20 bits per heavy atom. The molecule has 0 aromatic heterocycles. The predicted octanol–water partition coefficient (Wildman–Crippen LogP) is 2.46. The molecule has 0 atom stereocenters. The van der Waals surface area contributed by atoms with Crippen LogP contribution in [0.25, 0.3) is 16.8 Å². The van der Waals surface area contributed by atoms with Crippen molar-refractivity contribution in [3.63, 3.8) is 0 Å². The molecule has 20 heavy (non-hydrogen) atoms. The smallest absolute Gasteiger partial charge is 0.246 e. The van der Waals surface area contributed by atoms with Gasteiger partial charge in [-0.1, -0.05) is 18.2 Å². The molecule has 4 heteroatoms. The molecule has 0 heterocycles. The fraction of sp³-hybridized carbons (Fsp3) is 0.125. The monoisotopic (exact) mass is 269 g/mol. The zero-order valence-corrected chi connectivity index (χ0v) is 11.3. The standard InChI is InChI=1S/C16H15NO3/c1-17(2)16(20)8-4-11-3-6-13-12(9-11)5-7-15(19)14(13)10-18/h3-10,19H,1-2H3/b8-4+.